The third kappa shape index (κ3) is 2.50. The molecule has 1 atom stereocenters. The van der Waals surface area contributed by atoms with Gasteiger partial charge in [0.2, 0.25) is 0 Å². The molecule has 4 heteroatoms. The van der Waals surface area contributed by atoms with Crippen LogP contribution in [-0.2, 0) is 14.3 Å². The lowest BCUT2D eigenvalue weighted by Crippen LogP contribution is -2.33. The van der Waals surface area contributed by atoms with Gasteiger partial charge in [-0.3, -0.25) is 0 Å². The highest BCUT2D eigenvalue weighted by molar-refractivity contribution is 6.16. The largest absolute Gasteiger partial charge is 0.463 e. The van der Waals surface area contributed by atoms with E-state index >= 15 is 0 Å². The monoisotopic (exact) mass is 320 g/mol. The molecular weight excluding hydrogens is 304 g/mol. The first-order valence-corrected chi connectivity index (χ1v) is 8.02. The minimum Gasteiger partial charge on any atom is -0.463 e. The molecule has 0 bridgehead atoms. The van der Waals surface area contributed by atoms with Crippen LogP contribution in [0.2, 0.25) is 0 Å². The summed E-state index contributed by atoms with van der Waals surface area (Å²) in [5.41, 5.74) is 0.502. The highest BCUT2D eigenvalue weighted by Crippen LogP contribution is 2.29. The van der Waals surface area contributed by atoms with Crippen LogP contribution in [0.15, 0.2) is 54.6 Å². The zero-order valence-corrected chi connectivity index (χ0v) is 13.0. The summed E-state index contributed by atoms with van der Waals surface area (Å²) in [5.74, 6) is -0.939. The summed E-state index contributed by atoms with van der Waals surface area (Å²) in [7, 11) is 0. The van der Waals surface area contributed by atoms with Gasteiger partial charge in [0.25, 0.3) is 0 Å². The second-order valence-corrected chi connectivity index (χ2v) is 5.90. The Bertz CT molecular complexity index is 891. The van der Waals surface area contributed by atoms with Crippen molar-refractivity contribution >= 4 is 33.5 Å². The smallest absolute Gasteiger partial charge is 0.347 e. The van der Waals surface area contributed by atoms with Gasteiger partial charge in [-0.2, -0.15) is 0 Å². The Morgan fingerprint density at radius 3 is 2.25 bits per heavy atom. The average Bonchev–Trinajstić information content (AvgIpc) is 2.61. The lowest BCUT2D eigenvalue weighted by Gasteiger charge is -2.21. The fourth-order valence-corrected chi connectivity index (χ4v) is 3.18. The minimum atomic E-state index is -0.816. The van der Waals surface area contributed by atoms with Crippen LogP contribution in [0.4, 0.5) is 0 Å². The van der Waals surface area contributed by atoms with Gasteiger partial charge in [0, 0.05) is 0 Å². The van der Waals surface area contributed by atoms with Gasteiger partial charge in [-0.05, 0) is 40.5 Å². The van der Waals surface area contributed by atoms with E-state index in [4.69, 9.17) is 9.47 Å². The number of hydrogen-bond donors (Lipinski definition) is 0. The molecule has 0 radical (unpaired) electrons. The Labute approximate surface area is 139 Å². The number of rotatable bonds is 2. The summed E-state index contributed by atoms with van der Waals surface area (Å²) in [6.45, 7) is 0.393. The van der Waals surface area contributed by atoms with Crippen molar-refractivity contribution in [2.24, 2.45) is 0 Å². The first-order chi connectivity index (χ1) is 11.7. The van der Waals surface area contributed by atoms with E-state index in [1.54, 1.807) is 0 Å². The van der Waals surface area contributed by atoms with Gasteiger partial charge in [0.15, 0.2) is 6.10 Å². The van der Waals surface area contributed by atoms with Crippen molar-refractivity contribution in [1.82, 2.24) is 0 Å². The van der Waals surface area contributed by atoms with Crippen LogP contribution in [0.1, 0.15) is 23.2 Å². The fraction of sp³-hybridized carbons (Fsp3) is 0.200. The van der Waals surface area contributed by atoms with Crippen LogP contribution in [0, 0.1) is 0 Å². The normalized spacial score (nSPS) is 17.7. The number of benzene rings is 3. The summed E-state index contributed by atoms with van der Waals surface area (Å²) in [5, 5.41) is 3.58. The molecule has 120 valence electrons. The number of esters is 2. The quantitative estimate of drug-likeness (QED) is 0.531. The van der Waals surface area contributed by atoms with E-state index in [-0.39, 0.29) is 0 Å². The van der Waals surface area contributed by atoms with Gasteiger partial charge in [0.05, 0.1) is 12.2 Å². The molecule has 0 amide bonds. The predicted molar refractivity (Wildman–Crippen MR) is 90.9 cm³/mol. The van der Waals surface area contributed by atoms with Crippen molar-refractivity contribution in [2.45, 2.75) is 18.9 Å². The molecule has 1 saturated heterocycles. The van der Waals surface area contributed by atoms with E-state index in [0.717, 1.165) is 21.5 Å². The molecule has 0 aliphatic carbocycles. The summed E-state index contributed by atoms with van der Waals surface area (Å²) < 4.78 is 10.5. The van der Waals surface area contributed by atoms with Crippen LogP contribution in [0.3, 0.4) is 0 Å². The van der Waals surface area contributed by atoms with E-state index < -0.39 is 18.0 Å². The van der Waals surface area contributed by atoms with Crippen LogP contribution in [0.25, 0.3) is 21.5 Å². The van der Waals surface area contributed by atoms with Crippen LogP contribution in [-0.4, -0.2) is 24.6 Å². The van der Waals surface area contributed by atoms with E-state index in [9.17, 15) is 9.59 Å². The minimum absolute atomic E-state index is 0.393. The Morgan fingerprint density at radius 2 is 1.62 bits per heavy atom. The molecule has 0 saturated carbocycles. The Balaban J connectivity index is 1.83. The molecule has 4 rings (SSSR count). The zero-order chi connectivity index (χ0) is 16.5. The Kier molecular flexibility index (Phi) is 3.65. The number of hydrogen-bond acceptors (Lipinski definition) is 4. The SMILES string of the molecule is O=C(OC1CCCOC1=O)c1c2ccccc2cc2ccccc12. The molecule has 24 heavy (non-hydrogen) atoms. The third-order valence-corrected chi connectivity index (χ3v) is 4.34. The number of fused-ring (bicyclic) bond motifs is 2. The molecule has 1 unspecified atom stereocenters. The van der Waals surface area contributed by atoms with Gasteiger partial charge < -0.3 is 9.47 Å². The molecule has 1 aliphatic rings. The molecule has 1 aliphatic heterocycles. The van der Waals surface area contributed by atoms with Crippen molar-refractivity contribution in [1.29, 1.82) is 0 Å². The molecule has 0 N–H and O–H groups in total. The zero-order valence-electron chi connectivity index (χ0n) is 13.0. The van der Waals surface area contributed by atoms with Gasteiger partial charge in [-0.1, -0.05) is 48.5 Å². The van der Waals surface area contributed by atoms with E-state index in [2.05, 4.69) is 6.07 Å². The van der Waals surface area contributed by atoms with Crippen molar-refractivity contribution in [3.05, 3.63) is 60.2 Å². The standard InChI is InChI=1S/C20H16O4/c21-19-17(10-5-11-23-19)24-20(22)18-15-8-3-1-6-13(15)12-14-7-2-4-9-16(14)18/h1-4,6-9,12,17H,5,10-11H2. The average molecular weight is 320 g/mol. The first-order valence-electron chi connectivity index (χ1n) is 8.02. The predicted octanol–water partition coefficient (Wildman–Crippen LogP) is 3.86. The van der Waals surface area contributed by atoms with Gasteiger partial charge in [0.1, 0.15) is 0 Å². The van der Waals surface area contributed by atoms with Gasteiger partial charge in [-0.15, -0.1) is 0 Å². The molecule has 4 nitrogen and oxygen atoms in total. The number of carbonyl (C=O) groups is 2. The summed E-state index contributed by atoms with van der Waals surface area (Å²) in [6, 6.07) is 17.4. The van der Waals surface area contributed by atoms with E-state index in [1.165, 1.54) is 0 Å². The fourth-order valence-electron chi connectivity index (χ4n) is 3.18. The van der Waals surface area contributed by atoms with Gasteiger partial charge in [-0.25, -0.2) is 9.59 Å². The highest BCUT2D eigenvalue weighted by Gasteiger charge is 2.29. The molecule has 0 aromatic heterocycles. The van der Waals surface area contributed by atoms with Crippen molar-refractivity contribution in [2.75, 3.05) is 6.61 Å². The van der Waals surface area contributed by atoms with E-state index in [0.29, 0.717) is 25.0 Å². The number of carbonyl (C=O) groups excluding carboxylic acids is 2. The molecule has 3 aromatic carbocycles. The summed E-state index contributed by atoms with van der Waals surface area (Å²) in [6.07, 6.45) is 0.400. The number of ether oxygens (including phenoxy) is 2. The number of cyclic esters (lactones) is 1. The van der Waals surface area contributed by atoms with E-state index in [1.807, 2.05) is 48.5 Å². The van der Waals surface area contributed by atoms with Crippen molar-refractivity contribution in [3.63, 3.8) is 0 Å². The molecule has 1 heterocycles. The van der Waals surface area contributed by atoms with Crippen LogP contribution >= 0.6 is 0 Å². The van der Waals surface area contributed by atoms with Crippen molar-refractivity contribution < 1.29 is 19.1 Å². The molecule has 0 spiro atoms. The lowest BCUT2D eigenvalue weighted by atomic mass is 9.97. The second-order valence-electron chi connectivity index (χ2n) is 5.90. The summed E-state index contributed by atoms with van der Waals surface area (Å²) >= 11 is 0. The molecule has 1 fully saturated rings. The van der Waals surface area contributed by atoms with Crippen LogP contribution in [0.5, 0.6) is 0 Å². The maximum Gasteiger partial charge on any atom is 0.347 e. The maximum atomic E-state index is 12.9. The first kappa shape index (κ1) is 14.7. The van der Waals surface area contributed by atoms with Crippen molar-refractivity contribution in [3.8, 4) is 0 Å². The topological polar surface area (TPSA) is 52.6 Å². The van der Waals surface area contributed by atoms with Gasteiger partial charge >= 0.3 is 11.9 Å². The highest BCUT2D eigenvalue weighted by atomic mass is 16.6. The second kappa shape index (κ2) is 5.96. The molecule has 3 aromatic rings. The van der Waals surface area contributed by atoms with Crippen LogP contribution < -0.4 is 0 Å². The third-order valence-electron chi connectivity index (χ3n) is 4.34. The Morgan fingerprint density at radius 1 is 1.00 bits per heavy atom. The summed E-state index contributed by atoms with van der Waals surface area (Å²) in [4.78, 5) is 24.6. The Hall–Kier alpha value is -2.88. The maximum absolute atomic E-state index is 12.9. The molecular formula is C20H16O4. The lowest BCUT2D eigenvalue weighted by molar-refractivity contribution is -0.159.